The number of carbonyl (C=O) groups excluding carboxylic acids is 4. The first-order valence-corrected chi connectivity index (χ1v) is 15.5. The maximum atomic E-state index is 14.1. The van der Waals surface area contributed by atoms with Crippen molar-refractivity contribution in [1.29, 1.82) is 0 Å². The number of hydrogen-bond acceptors (Lipinski definition) is 11. The zero-order valence-corrected chi connectivity index (χ0v) is 26.5. The summed E-state index contributed by atoms with van der Waals surface area (Å²) in [5, 5.41) is 24.2. The summed E-state index contributed by atoms with van der Waals surface area (Å²) in [5.74, 6) is -3.60. The van der Waals surface area contributed by atoms with Gasteiger partial charge in [0.2, 0.25) is 0 Å². The summed E-state index contributed by atoms with van der Waals surface area (Å²) in [6.45, 7) is 15.2. The van der Waals surface area contributed by atoms with Crippen molar-refractivity contribution < 1.29 is 48.3 Å². The molecule has 0 unspecified atom stereocenters. The number of nitrogens with zero attached hydrogens (tertiary/aromatic N) is 1. The van der Waals surface area contributed by atoms with E-state index in [1.54, 1.807) is 13.8 Å². The molecule has 4 rings (SSSR count). The first-order valence-electron chi connectivity index (χ1n) is 15.5. The molecule has 0 aromatic heterocycles. The van der Waals surface area contributed by atoms with Crippen molar-refractivity contribution in [3.8, 4) is 0 Å². The Kier molecular flexibility index (Phi) is 9.26. The summed E-state index contributed by atoms with van der Waals surface area (Å²) in [6, 6.07) is 0. The molecule has 0 amide bonds. The lowest BCUT2D eigenvalue weighted by Crippen LogP contribution is -2.87. The fourth-order valence-corrected chi connectivity index (χ4v) is 8.57. The highest BCUT2D eigenvalue weighted by Gasteiger charge is 2.82. The van der Waals surface area contributed by atoms with Crippen molar-refractivity contribution in [1.82, 2.24) is 4.90 Å². The standard InChI is InChI=1S/C32H49NO10/c1-8-29(5)18-22(36)32(39)30(6)21(35)12-14-28(3,4)26(30)25(27(41-20(2)34)31(32,7)43-29)42-24(38)19-40-23(37)13-17-33-15-10-9-11-16-33/h8,21,25-27,35,39H,1,9-19H2,2-7H3/t21-,25-,26-,27-,29-,30-,31+,32-/m0/s1. The monoisotopic (exact) mass is 607 g/mol. The molecule has 11 heteroatoms. The number of ketones is 1. The molecule has 242 valence electrons. The van der Waals surface area contributed by atoms with Crippen molar-refractivity contribution in [2.75, 3.05) is 26.2 Å². The Morgan fingerprint density at radius 2 is 1.72 bits per heavy atom. The van der Waals surface area contributed by atoms with E-state index >= 15 is 0 Å². The minimum Gasteiger partial charge on any atom is -0.455 e. The third-order valence-electron chi connectivity index (χ3n) is 10.7. The normalized spacial score (nSPS) is 40.9. The molecule has 2 saturated heterocycles. The summed E-state index contributed by atoms with van der Waals surface area (Å²) in [7, 11) is 0. The fourth-order valence-electron chi connectivity index (χ4n) is 8.57. The van der Waals surface area contributed by atoms with Gasteiger partial charge in [0.1, 0.15) is 11.7 Å². The van der Waals surface area contributed by atoms with Crippen molar-refractivity contribution >= 4 is 23.7 Å². The van der Waals surface area contributed by atoms with E-state index in [4.69, 9.17) is 18.9 Å². The van der Waals surface area contributed by atoms with E-state index in [-0.39, 0.29) is 19.3 Å². The van der Waals surface area contributed by atoms with Crippen LogP contribution in [0, 0.1) is 16.7 Å². The van der Waals surface area contributed by atoms with E-state index < -0.39 is 82.2 Å². The van der Waals surface area contributed by atoms with Gasteiger partial charge in [-0.05, 0) is 58.0 Å². The first kappa shape index (κ1) is 33.6. The third-order valence-corrected chi connectivity index (χ3v) is 10.7. The number of aliphatic hydroxyl groups excluding tert-OH is 1. The van der Waals surface area contributed by atoms with Crippen LogP contribution in [0.25, 0.3) is 0 Å². The number of ether oxygens (including phenoxy) is 4. The maximum absolute atomic E-state index is 14.1. The molecular formula is C32H49NO10. The van der Waals surface area contributed by atoms with Gasteiger partial charge in [0.25, 0.3) is 0 Å². The Balaban J connectivity index is 1.68. The van der Waals surface area contributed by atoms with Crippen LogP contribution in [-0.2, 0) is 38.1 Å². The molecule has 0 radical (unpaired) electrons. The van der Waals surface area contributed by atoms with Crippen LogP contribution in [0.1, 0.15) is 86.5 Å². The topological polar surface area (TPSA) is 149 Å². The number of piperidine rings is 1. The molecule has 4 fully saturated rings. The van der Waals surface area contributed by atoms with Crippen molar-refractivity contribution in [3.05, 3.63) is 12.7 Å². The fraction of sp³-hybridized carbons (Fsp3) is 0.812. The summed E-state index contributed by atoms with van der Waals surface area (Å²) < 4.78 is 23.6. The molecule has 11 nitrogen and oxygen atoms in total. The van der Waals surface area contributed by atoms with E-state index in [2.05, 4.69) is 11.5 Å². The molecular weight excluding hydrogens is 558 g/mol. The molecule has 0 aromatic rings. The van der Waals surface area contributed by atoms with Crippen molar-refractivity contribution in [3.63, 3.8) is 0 Å². The molecule has 2 heterocycles. The third kappa shape index (κ3) is 5.66. The Hall–Kier alpha value is -2.34. The molecule has 4 aliphatic rings. The second-order valence-corrected chi connectivity index (χ2v) is 14.1. The Morgan fingerprint density at radius 3 is 2.33 bits per heavy atom. The second-order valence-electron chi connectivity index (χ2n) is 14.1. The zero-order valence-electron chi connectivity index (χ0n) is 26.5. The molecule has 0 bridgehead atoms. The number of carbonyl (C=O) groups is 4. The van der Waals surface area contributed by atoms with Gasteiger partial charge < -0.3 is 34.1 Å². The predicted molar refractivity (Wildman–Crippen MR) is 155 cm³/mol. The van der Waals surface area contributed by atoms with Gasteiger partial charge in [-0.15, -0.1) is 6.58 Å². The lowest BCUT2D eigenvalue weighted by atomic mass is 9.39. The summed E-state index contributed by atoms with van der Waals surface area (Å²) in [5.41, 5.74) is -7.79. The van der Waals surface area contributed by atoms with Gasteiger partial charge in [0.15, 0.2) is 24.1 Å². The SMILES string of the molecule is C=C[C@@]1(C)CC(=O)[C@]2(O)[C@@]3(C)[C@@H](O)CCC(C)(C)[C@@H]3[C@H](OC(=O)COC(=O)CCN3CCCCC3)[C@H](OC(C)=O)[C@@]2(C)O1. The van der Waals surface area contributed by atoms with E-state index in [0.717, 1.165) is 25.9 Å². The van der Waals surface area contributed by atoms with Gasteiger partial charge in [-0.1, -0.05) is 33.3 Å². The average Bonchev–Trinajstić information content (AvgIpc) is 2.93. The highest BCUT2D eigenvalue weighted by Crippen LogP contribution is 2.67. The van der Waals surface area contributed by atoms with Crippen LogP contribution in [0.15, 0.2) is 12.7 Å². The highest BCUT2D eigenvalue weighted by atomic mass is 16.6. The smallest absolute Gasteiger partial charge is 0.344 e. The largest absolute Gasteiger partial charge is 0.455 e. The molecule has 8 atom stereocenters. The zero-order chi connectivity index (χ0) is 32.0. The van der Waals surface area contributed by atoms with Gasteiger partial charge in [0.05, 0.1) is 18.1 Å². The van der Waals surface area contributed by atoms with Crippen LogP contribution < -0.4 is 0 Å². The molecule has 0 aromatic carbocycles. The molecule has 2 saturated carbocycles. The molecule has 2 aliphatic carbocycles. The number of likely N-dealkylation sites (tertiary alicyclic amines) is 1. The number of fused-ring (bicyclic) bond motifs is 3. The van der Waals surface area contributed by atoms with Crippen LogP contribution >= 0.6 is 0 Å². The van der Waals surface area contributed by atoms with Gasteiger partial charge in [0, 0.05) is 31.2 Å². The van der Waals surface area contributed by atoms with E-state index in [1.165, 1.54) is 26.3 Å². The van der Waals surface area contributed by atoms with Crippen LogP contribution in [0.2, 0.25) is 0 Å². The Labute approximate surface area is 254 Å². The van der Waals surface area contributed by atoms with Crippen LogP contribution in [0.3, 0.4) is 0 Å². The maximum Gasteiger partial charge on any atom is 0.344 e. The highest BCUT2D eigenvalue weighted by molar-refractivity contribution is 5.92. The number of esters is 3. The summed E-state index contributed by atoms with van der Waals surface area (Å²) in [6.07, 6.45) is 1.59. The van der Waals surface area contributed by atoms with E-state index in [9.17, 15) is 29.4 Å². The predicted octanol–water partition coefficient (Wildman–Crippen LogP) is 2.49. The van der Waals surface area contributed by atoms with Gasteiger partial charge >= 0.3 is 17.9 Å². The van der Waals surface area contributed by atoms with E-state index in [0.29, 0.717) is 13.0 Å². The molecule has 43 heavy (non-hydrogen) atoms. The average molecular weight is 608 g/mol. The molecule has 2 aliphatic heterocycles. The lowest BCUT2D eigenvalue weighted by molar-refractivity contribution is -0.371. The minimum atomic E-state index is -2.33. The Morgan fingerprint density at radius 1 is 1.07 bits per heavy atom. The second kappa shape index (κ2) is 11.9. The lowest BCUT2D eigenvalue weighted by Gasteiger charge is -2.71. The van der Waals surface area contributed by atoms with Crippen molar-refractivity contribution in [2.24, 2.45) is 16.7 Å². The first-order chi connectivity index (χ1) is 19.9. The van der Waals surface area contributed by atoms with Gasteiger partial charge in [-0.25, -0.2) is 4.79 Å². The van der Waals surface area contributed by atoms with Gasteiger partial charge in [-0.3, -0.25) is 14.4 Å². The summed E-state index contributed by atoms with van der Waals surface area (Å²) >= 11 is 0. The van der Waals surface area contributed by atoms with Gasteiger partial charge in [-0.2, -0.15) is 0 Å². The van der Waals surface area contributed by atoms with Crippen LogP contribution in [-0.4, -0.2) is 100 Å². The van der Waals surface area contributed by atoms with E-state index in [1.807, 2.05) is 13.8 Å². The molecule has 2 N–H and O–H groups in total. The molecule has 0 spiro atoms. The van der Waals surface area contributed by atoms with Crippen LogP contribution in [0.5, 0.6) is 0 Å². The quantitative estimate of drug-likeness (QED) is 0.238. The number of rotatable bonds is 8. The van der Waals surface area contributed by atoms with Crippen molar-refractivity contribution in [2.45, 2.75) is 122 Å². The number of hydrogen-bond donors (Lipinski definition) is 2. The van der Waals surface area contributed by atoms with Crippen LogP contribution in [0.4, 0.5) is 0 Å². The number of aliphatic hydroxyl groups is 2. The minimum absolute atomic E-state index is 0.133. The Bertz CT molecular complexity index is 1130. The summed E-state index contributed by atoms with van der Waals surface area (Å²) in [4.78, 5) is 54.6. The number of Topliss-reactive ketones (excluding diaryl/α,β-unsaturated/α-hetero) is 1.